The second-order valence-electron chi connectivity index (χ2n) is 4.79. The van der Waals surface area contributed by atoms with Crippen LogP contribution in [0.2, 0.25) is 0 Å². The zero-order chi connectivity index (χ0) is 11.6. The predicted octanol–water partition coefficient (Wildman–Crippen LogP) is 3.21. The van der Waals surface area contributed by atoms with Gasteiger partial charge in [0.1, 0.15) is 0 Å². The number of hydrogen-bond acceptors (Lipinski definition) is 2. The van der Waals surface area contributed by atoms with E-state index in [1.54, 1.807) is 0 Å². The molecule has 0 fully saturated rings. The Balaban J connectivity index is 3.11. The first-order valence-electron chi connectivity index (χ1n) is 5.87. The minimum absolute atomic E-state index is 0.0681. The van der Waals surface area contributed by atoms with Crippen molar-refractivity contribution in [1.82, 2.24) is 0 Å². The molecular formula is C12H25ClO2. The lowest BCUT2D eigenvalue weighted by Gasteiger charge is -2.20. The molecule has 0 saturated carbocycles. The molecule has 0 rings (SSSR count). The van der Waals surface area contributed by atoms with Gasteiger partial charge in [0.05, 0.1) is 0 Å². The standard InChI is InChI=1S/C12H25ClO2/c1-12(2,11-14)7-3-5-9-15-10-6-4-8-13/h14H,3-11H2,1-2H3. The molecule has 0 bridgehead atoms. The van der Waals surface area contributed by atoms with Crippen LogP contribution in [0, 0.1) is 5.41 Å². The lowest BCUT2D eigenvalue weighted by atomic mass is 9.88. The molecule has 0 aromatic rings. The van der Waals surface area contributed by atoms with Crippen molar-refractivity contribution in [2.75, 3.05) is 25.7 Å². The Labute approximate surface area is 99.0 Å². The van der Waals surface area contributed by atoms with Crippen LogP contribution in [0.1, 0.15) is 46.0 Å². The highest BCUT2D eigenvalue weighted by atomic mass is 35.5. The van der Waals surface area contributed by atoms with E-state index >= 15 is 0 Å². The van der Waals surface area contributed by atoms with E-state index in [-0.39, 0.29) is 12.0 Å². The number of unbranched alkanes of at least 4 members (excludes halogenated alkanes) is 2. The Morgan fingerprint density at radius 2 is 1.67 bits per heavy atom. The van der Waals surface area contributed by atoms with Crippen LogP contribution in [0.15, 0.2) is 0 Å². The third-order valence-corrected chi connectivity index (χ3v) is 2.76. The summed E-state index contributed by atoms with van der Waals surface area (Å²) < 4.78 is 5.46. The van der Waals surface area contributed by atoms with Gasteiger partial charge in [0.25, 0.3) is 0 Å². The fourth-order valence-electron chi connectivity index (χ4n) is 1.29. The quantitative estimate of drug-likeness (QED) is 0.466. The lowest BCUT2D eigenvalue weighted by Crippen LogP contribution is -2.16. The summed E-state index contributed by atoms with van der Waals surface area (Å²) in [5.74, 6) is 0.730. The summed E-state index contributed by atoms with van der Waals surface area (Å²) in [5, 5.41) is 9.05. The predicted molar refractivity (Wildman–Crippen MR) is 65.5 cm³/mol. The fourth-order valence-corrected chi connectivity index (χ4v) is 1.48. The van der Waals surface area contributed by atoms with E-state index in [0.29, 0.717) is 0 Å². The van der Waals surface area contributed by atoms with Gasteiger partial charge in [-0.1, -0.05) is 20.3 Å². The van der Waals surface area contributed by atoms with Gasteiger partial charge < -0.3 is 9.84 Å². The van der Waals surface area contributed by atoms with Crippen LogP contribution in [-0.4, -0.2) is 30.8 Å². The van der Waals surface area contributed by atoms with E-state index < -0.39 is 0 Å². The highest BCUT2D eigenvalue weighted by molar-refractivity contribution is 6.17. The monoisotopic (exact) mass is 236 g/mol. The van der Waals surface area contributed by atoms with Crippen molar-refractivity contribution >= 4 is 11.6 Å². The van der Waals surface area contributed by atoms with Crippen LogP contribution in [0.5, 0.6) is 0 Å². The number of ether oxygens (including phenoxy) is 1. The molecule has 0 aliphatic rings. The number of halogens is 1. The molecule has 2 nitrogen and oxygen atoms in total. The largest absolute Gasteiger partial charge is 0.396 e. The fraction of sp³-hybridized carbons (Fsp3) is 1.00. The Morgan fingerprint density at radius 1 is 1.07 bits per heavy atom. The van der Waals surface area contributed by atoms with Crippen LogP contribution in [0.25, 0.3) is 0 Å². The van der Waals surface area contributed by atoms with Gasteiger partial charge in [0.2, 0.25) is 0 Å². The molecule has 0 aliphatic carbocycles. The summed E-state index contributed by atoms with van der Waals surface area (Å²) >= 11 is 5.55. The van der Waals surface area contributed by atoms with E-state index in [0.717, 1.165) is 51.2 Å². The van der Waals surface area contributed by atoms with Crippen molar-refractivity contribution in [3.8, 4) is 0 Å². The van der Waals surface area contributed by atoms with Crippen LogP contribution < -0.4 is 0 Å². The zero-order valence-corrected chi connectivity index (χ0v) is 10.9. The Kier molecular flexibility index (Phi) is 9.57. The van der Waals surface area contributed by atoms with Gasteiger partial charge in [0.15, 0.2) is 0 Å². The summed E-state index contributed by atoms with van der Waals surface area (Å²) in [6.45, 7) is 6.12. The number of aliphatic hydroxyl groups is 1. The smallest absolute Gasteiger partial charge is 0.0482 e. The number of hydrogen-bond donors (Lipinski definition) is 1. The second-order valence-corrected chi connectivity index (χ2v) is 5.17. The van der Waals surface area contributed by atoms with Crippen molar-refractivity contribution in [2.45, 2.75) is 46.0 Å². The maximum absolute atomic E-state index is 9.05. The average Bonchev–Trinajstić information content (AvgIpc) is 2.22. The SMILES string of the molecule is CC(C)(CO)CCCCOCCCCCl. The zero-order valence-electron chi connectivity index (χ0n) is 10.1. The topological polar surface area (TPSA) is 29.5 Å². The van der Waals surface area contributed by atoms with Gasteiger partial charge in [-0.25, -0.2) is 0 Å². The Morgan fingerprint density at radius 3 is 2.20 bits per heavy atom. The molecule has 0 spiro atoms. The highest BCUT2D eigenvalue weighted by Crippen LogP contribution is 2.21. The summed E-state index contributed by atoms with van der Waals surface area (Å²) in [4.78, 5) is 0. The van der Waals surface area contributed by atoms with E-state index in [4.69, 9.17) is 21.4 Å². The number of aliphatic hydroxyl groups excluding tert-OH is 1. The molecule has 3 heteroatoms. The Bertz CT molecular complexity index is 138. The first kappa shape index (κ1) is 15.2. The van der Waals surface area contributed by atoms with E-state index in [9.17, 15) is 0 Å². The third-order valence-electron chi connectivity index (χ3n) is 2.49. The van der Waals surface area contributed by atoms with Crippen LogP contribution in [0.3, 0.4) is 0 Å². The summed E-state index contributed by atoms with van der Waals surface area (Å²) in [6, 6.07) is 0. The minimum Gasteiger partial charge on any atom is -0.396 e. The summed E-state index contributed by atoms with van der Waals surface area (Å²) in [7, 11) is 0. The van der Waals surface area contributed by atoms with Crippen molar-refractivity contribution in [3.63, 3.8) is 0 Å². The van der Waals surface area contributed by atoms with Gasteiger partial charge in [-0.3, -0.25) is 0 Å². The molecule has 0 saturated heterocycles. The number of rotatable bonds is 10. The normalized spacial score (nSPS) is 12.0. The van der Waals surface area contributed by atoms with E-state index in [1.807, 2.05) is 0 Å². The molecule has 92 valence electrons. The first-order chi connectivity index (χ1) is 7.12. The van der Waals surface area contributed by atoms with Gasteiger partial charge in [0, 0.05) is 25.7 Å². The molecule has 0 heterocycles. The Hall–Kier alpha value is 0.210. The second kappa shape index (κ2) is 9.44. The van der Waals surface area contributed by atoms with Gasteiger partial charge in [-0.2, -0.15) is 0 Å². The van der Waals surface area contributed by atoms with Crippen molar-refractivity contribution in [3.05, 3.63) is 0 Å². The number of alkyl halides is 1. The average molecular weight is 237 g/mol. The minimum atomic E-state index is 0.0681. The molecule has 0 aromatic heterocycles. The van der Waals surface area contributed by atoms with E-state index in [2.05, 4.69) is 13.8 Å². The van der Waals surface area contributed by atoms with Crippen LogP contribution >= 0.6 is 11.6 Å². The van der Waals surface area contributed by atoms with Gasteiger partial charge in [-0.15, -0.1) is 11.6 Å². The van der Waals surface area contributed by atoms with Gasteiger partial charge in [-0.05, 0) is 31.1 Å². The van der Waals surface area contributed by atoms with Crippen LogP contribution in [0.4, 0.5) is 0 Å². The van der Waals surface area contributed by atoms with Crippen molar-refractivity contribution in [2.24, 2.45) is 5.41 Å². The van der Waals surface area contributed by atoms with E-state index in [1.165, 1.54) is 0 Å². The highest BCUT2D eigenvalue weighted by Gasteiger charge is 2.14. The summed E-state index contributed by atoms with van der Waals surface area (Å²) in [6.07, 6.45) is 5.38. The molecular weight excluding hydrogens is 212 g/mol. The molecule has 0 aliphatic heterocycles. The lowest BCUT2D eigenvalue weighted by molar-refractivity contribution is 0.115. The maximum Gasteiger partial charge on any atom is 0.0482 e. The molecule has 0 radical (unpaired) electrons. The third kappa shape index (κ3) is 10.5. The van der Waals surface area contributed by atoms with Crippen molar-refractivity contribution < 1.29 is 9.84 Å². The molecule has 0 atom stereocenters. The maximum atomic E-state index is 9.05. The van der Waals surface area contributed by atoms with Crippen LogP contribution in [-0.2, 0) is 4.74 Å². The molecule has 1 N–H and O–H groups in total. The molecule has 0 amide bonds. The van der Waals surface area contributed by atoms with Gasteiger partial charge >= 0.3 is 0 Å². The molecule has 0 unspecified atom stereocenters. The van der Waals surface area contributed by atoms with Crippen molar-refractivity contribution in [1.29, 1.82) is 0 Å². The molecule has 15 heavy (non-hydrogen) atoms. The first-order valence-corrected chi connectivity index (χ1v) is 6.40. The summed E-state index contributed by atoms with van der Waals surface area (Å²) in [5.41, 5.74) is 0.0681. The molecule has 0 aromatic carbocycles.